The molecule has 3 N–H and O–H groups in total. The van der Waals surface area contributed by atoms with Crippen molar-refractivity contribution >= 4 is 47.1 Å². The Labute approximate surface area is 259 Å². The number of nitrogens with zero attached hydrogens (tertiary/aromatic N) is 4. The number of aliphatic imine (C=N–C) groups is 1. The lowest BCUT2D eigenvalue weighted by Gasteiger charge is -2.37. The molecule has 0 bridgehead atoms. The van der Waals surface area contributed by atoms with Gasteiger partial charge in [0, 0.05) is 18.3 Å². The van der Waals surface area contributed by atoms with Crippen LogP contribution in [0.2, 0.25) is 5.02 Å². The number of piperidine rings is 1. The summed E-state index contributed by atoms with van der Waals surface area (Å²) in [5, 5.41) is 6.51. The minimum absolute atomic E-state index is 0.195. The first-order chi connectivity index (χ1) is 21.1. The summed E-state index contributed by atoms with van der Waals surface area (Å²) in [6.45, 7) is 3.60. The van der Waals surface area contributed by atoms with E-state index >= 15 is 0 Å². The molecule has 2 amide bonds. The lowest BCUT2D eigenvalue weighted by molar-refractivity contribution is 0.148. The van der Waals surface area contributed by atoms with E-state index in [1.165, 1.54) is 37.9 Å². The fourth-order valence-electron chi connectivity index (χ4n) is 5.75. The second-order valence-corrected chi connectivity index (χ2v) is 12.4. The molecule has 0 saturated carbocycles. The van der Waals surface area contributed by atoms with Gasteiger partial charge >= 0.3 is 6.03 Å². The van der Waals surface area contributed by atoms with Crippen molar-refractivity contribution in [1.82, 2.24) is 20.5 Å². The minimum Gasteiger partial charge on any atom is -0.486 e. The summed E-state index contributed by atoms with van der Waals surface area (Å²) < 4.78 is 5.87. The number of pyridine rings is 1. The molecule has 0 spiro atoms. The fourth-order valence-corrected chi connectivity index (χ4v) is 7.24. The molecule has 5 heterocycles. The number of ether oxygens (including phenoxy) is 1. The Hall–Kier alpha value is -3.77. The number of carbonyl (C=O) groups excluding carboxylic acids is 1. The zero-order valence-electron chi connectivity index (χ0n) is 23.4. The van der Waals surface area contributed by atoms with Crippen molar-refractivity contribution in [2.45, 2.75) is 49.3 Å². The Morgan fingerprint density at radius 3 is 2.72 bits per heavy atom. The summed E-state index contributed by atoms with van der Waals surface area (Å²) in [6, 6.07) is 18.6. The molecule has 4 aliphatic rings. The van der Waals surface area contributed by atoms with Crippen LogP contribution in [0.1, 0.15) is 30.5 Å². The molecule has 2 aromatic carbocycles. The maximum Gasteiger partial charge on any atom is 0.328 e. The second-order valence-electron chi connectivity index (χ2n) is 10.8. The van der Waals surface area contributed by atoms with E-state index in [0.29, 0.717) is 22.3 Å². The standard InChI is InChI=1S/C31H32ClN7O3S/c32-24-16-23(11-12-25(24)41-18-22-6-2-3-13-33-22)39-28-26-27(36-31(39)40)30(43-29(26)35-19-34-28)42-37-21-9-7-20(8-10-21)17-38-14-4-1-5-15-38/h2-3,6-13,16,19,27,29-30,37H,1,4-5,14-15,17-18H2,(H,34,35)(H,36,40). The zero-order chi connectivity index (χ0) is 29.2. The Morgan fingerprint density at radius 1 is 1.07 bits per heavy atom. The molecule has 3 unspecified atom stereocenters. The van der Waals surface area contributed by atoms with Crippen LogP contribution in [-0.2, 0) is 18.0 Å². The highest BCUT2D eigenvalue weighted by atomic mass is 35.5. The van der Waals surface area contributed by atoms with Crippen LogP contribution >= 0.6 is 23.4 Å². The van der Waals surface area contributed by atoms with Gasteiger partial charge in [-0.1, -0.05) is 48.0 Å². The van der Waals surface area contributed by atoms with Crippen molar-refractivity contribution in [2.75, 3.05) is 23.5 Å². The number of amides is 2. The molecular weight excluding hydrogens is 586 g/mol. The molecule has 2 saturated heterocycles. The number of benzene rings is 2. The molecule has 3 aromatic rings. The number of halogens is 1. The van der Waals surface area contributed by atoms with E-state index in [1.54, 1.807) is 41.3 Å². The number of thioether (sulfide) groups is 1. The number of urea groups is 1. The number of likely N-dealkylation sites (tertiary alicyclic amines) is 1. The van der Waals surface area contributed by atoms with E-state index in [1.807, 2.05) is 36.4 Å². The van der Waals surface area contributed by atoms with Gasteiger partial charge in [-0.25, -0.2) is 9.69 Å². The van der Waals surface area contributed by atoms with Crippen molar-refractivity contribution in [3.05, 3.63) is 94.5 Å². The van der Waals surface area contributed by atoms with E-state index in [2.05, 4.69) is 43.1 Å². The molecule has 0 radical (unpaired) electrons. The Balaban J connectivity index is 1.03. The fraction of sp³-hybridized carbons (Fsp3) is 0.323. The lowest BCUT2D eigenvalue weighted by atomic mass is 10.0. The number of hydrogen-bond donors (Lipinski definition) is 3. The molecule has 12 heteroatoms. The maximum atomic E-state index is 13.5. The number of carbonyl (C=O) groups is 1. The third kappa shape index (κ3) is 6.03. The van der Waals surface area contributed by atoms with Crippen LogP contribution in [-0.4, -0.2) is 52.2 Å². The quantitative estimate of drug-likeness (QED) is 0.271. The third-order valence-electron chi connectivity index (χ3n) is 7.90. The van der Waals surface area contributed by atoms with E-state index in [0.717, 1.165) is 23.5 Å². The first-order valence-electron chi connectivity index (χ1n) is 14.5. The molecule has 2 fully saturated rings. The Bertz CT molecular complexity index is 1530. The van der Waals surface area contributed by atoms with Crippen LogP contribution in [0.5, 0.6) is 5.75 Å². The predicted molar refractivity (Wildman–Crippen MR) is 169 cm³/mol. The van der Waals surface area contributed by atoms with Gasteiger partial charge in [-0.15, -0.1) is 0 Å². The van der Waals surface area contributed by atoms with Crippen LogP contribution in [0, 0.1) is 0 Å². The van der Waals surface area contributed by atoms with Crippen LogP contribution in [0.4, 0.5) is 16.2 Å². The molecule has 1 aromatic heterocycles. The number of nitrogens with one attached hydrogen (secondary N) is 3. The van der Waals surface area contributed by atoms with Gasteiger partial charge in [0.1, 0.15) is 23.6 Å². The smallest absolute Gasteiger partial charge is 0.328 e. The van der Waals surface area contributed by atoms with E-state index in [-0.39, 0.29) is 29.5 Å². The van der Waals surface area contributed by atoms with Gasteiger partial charge in [-0.3, -0.25) is 25.2 Å². The van der Waals surface area contributed by atoms with Crippen LogP contribution in [0.15, 0.2) is 83.2 Å². The molecule has 43 heavy (non-hydrogen) atoms. The molecule has 4 aliphatic heterocycles. The SMILES string of the molecule is O=C1NC2C3=C(NC=NC3SC2ONc2ccc(CN3CCCCC3)cc2)N1c1ccc(OCc2ccccn2)c(Cl)c1. The highest BCUT2D eigenvalue weighted by molar-refractivity contribution is 8.01. The van der Waals surface area contributed by atoms with Crippen molar-refractivity contribution in [3.8, 4) is 5.75 Å². The molecule has 0 aliphatic carbocycles. The summed E-state index contributed by atoms with van der Waals surface area (Å²) in [4.78, 5) is 32.6. The van der Waals surface area contributed by atoms with Crippen LogP contribution in [0.3, 0.4) is 0 Å². The van der Waals surface area contributed by atoms with Crippen molar-refractivity contribution in [2.24, 2.45) is 4.99 Å². The number of aromatic nitrogens is 1. The number of rotatable bonds is 9. The zero-order valence-corrected chi connectivity index (χ0v) is 25.0. The summed E-state index contributed by atoms with van der Waals surface area (Å²) in [5.74, 6) is 1.17. The average Bonchev–Trinajstić information content (AvgIpc) is 3.39. The maximum absolute atomic E-state index is 13.5. The topological polar surface area (TPSA) is 103 Å². The monoisotopic (exact) mass is 617 g/mol. The Kier molecular flexibility index (Phi) is 8.12. The first kappa shape index (κ1) is 28.0. The van der Waals surface area contributed by atoms with E-state index < -0.39 is 0 Å². The molecule has 10 nitrogen and oxygen atoms in total. The number of anilines is 2. The van der Waals surface area contributed by atoms with Gasteiger partial charge in [0.2, 0.25) is 0 Å². The Morgan fingerprint density at radius 2 is 1.93 bits per heavy atom. The number of hydrogen-bond acceptors (Lipinski definition) is 9. The van der Waals surface area contributed by atoms with Crippen LogP contribution in [0.25, 0.3) is 0 Å². The first-order valence-corrected chi connectivity index (χ1v) is 15.8. The summed E-state index contributed by atoms with van der Waals surface area (Å²) in [7, 11) is 0. The van der Waals surface area contributed by atoms with E-state index in [4.69, 9.17) is 21.2 Å². The third-order valence-corrected chi connectivity index (χ3v) is 9.47. The molecular formula is C31H32ClN7O3S. The second kappa shape index (κ2) is 12.5. The van der Waals surface area contributed by atoms with Crippen LogP contribution < -0.4 is 25.8 Å². The van der Waals surface area contributed by atoms with Crippen molar-refractivity contribution in [3.63, 3.8) is 0 Å². The summed E-state index contributed by atoms with van der Waals surface area (Å²) >= 11 is 8.13. The van der Waals surface area contributed by atoms with Gasteiger partial charge in [0.15, 0.2) is 5.44 Å². The average molecular weight is 618 g/mol. The largest absolute Gasteiger partial charge is 0.486 e. The lowest BCUT2D eigenvalue weighted by Crippen LogP contribution is -2.56. The minimum atomic E-state index is -0.378. The molecule has 7 rings (SSSR count). The normalized spacial score (nSPS) is 23.0. The van der Waals surface area contributed by atoms with Gasteiger partial charge in [0.25, 0.3) is 0 Å². The predicted octanol–water partition coefficient (Wildman–Crippen LogP) is 5.48. The van der Waals surface area contributed by atoms with Crippen molar-refractivity contribution < 1.29 is 14.4 Å². The summed E-state index contributed by atoms with van der Waals surface area (Å²) in [6.07, 6.45) is 7.24. The highest BCUT2D eigenvalue weighted by Crippen LogP contribution is 2.45. The van der Waals surface area contributed by atoms with Gasteiger partial charge in [0.05, 0.1) is 34.5 Å². The van der Waals surface area contributed by atoms with Gasteiger partial charge < -0.3 is 15.4 Å². The molecule has 3 atom stereocenters. The van der Waals surface area contributed by atoms with Gasteiger partial charge in [-0.05, 0) is 74.0 Å². The van der Waals surface area contributed by atoms with Crippen molar-refractivity contribution in [1.29, 1.82) is 0 Å². The van der Waals surface area contributed by atoms with E-state index in [9.17, 15) is 4.79 Å². The summed E-state index contributed by atoms with van der Waals surface area (Å²) in [5.41, 5.74) is 7.21. The molecule has 222 valence electrons. The van der Waals surface area contributed by atoms with Gasteiger partial charge in [-0.2, -0.15) is 0 Å². The highest BCUT2D eigenvalue weighted by Gasteiger charge is 2.49.